The molecule has 88 valence electrons. The minimum Gasteiger partial charge on any atom is -0.465 e. The Morgan fingerprint density at radius 1 is 1.56 bits per heavy atom. The Morgan fingerprint density at radius 2 is 2.31 bits per heavy atom. The molecule has 1 aromatic carbocycles. The second-order valence-corrected chi connectivity index (χ2v) is 3.46. The summed E-state index contributed by atoms with van der Waals surface area (Å²) in [4.78, 5) is 11.1. The smallest absolute Gasteiger partial charge is 0.319 e. The second kappa shape index (κ2) is 6.23. The first-order valence-corrected chi connectivity index (χ1v) is 5.28. The van der Waals surface area contributed by atoms with Crippen LogP contribution in [0.3, 0.4) is 0 Å². The van der Waals surface area contributed by atoms with E-state index in [2.05, 4.69) is 5.32 Å². The van der Waals surface area contributed by atoms with E-state index in [9.17, 15) is 9.18 Å². The number of rotatable bonds is 5. The van der Waals surface area contributed by atoms with E-state index >= 15 is 0 Å². The summed E-state index contributed by atoms with van der Waals surface area (Å²) in [7, 11) is 0. The predicted octanol–water partition coefficient (Wildman–Crippen LogP) is 2.04. The predicted molar refractivity (Wildman–Crippen MR) is 59.5 cm³/mol. The molecule has 0 saturated heterocycles. The quantitative estimate of drug-likeness (QED) is 0.779. The molecule has 4 heteroatoms. The van der Waals surface area contributed by atoms with Crippen molar-refractivity contribution in [2.45, 2.75) is 19.9 Å². The van der Waals surface area contributed by atoms with Gasteiger partial charge in [0.2, 0.25) is 0 Å². The van der Waals surface area contributed by atoms with Crippen molar-refractivity contribution >= 4 is 5.97 Å². The maximum Gasteiger partial charge on any atom is 0.319 e. The molecule has 16 heavy (non-hydrogen) atoms. The SMILES string of the molecule is CCOC(=O)CN[C@@H](C)c1cccc(F)c1. The molecule has 0 amide bonds. The molecular formula is C12H16FNO2. The number of benzene rings is 1. The fourth-order valence-electron chi connectivity index (χ4n) is 1.34. The zero-order chi connectivity index (χ0) is 12.0. The molecule has 3 nitrogen and oxygen atoms in total. The summed E-state index contributed by atoms with van der Waals surface area (Å²) < 4.78 is 17.7. The van der Waals surface area contributed by atoms with Crippen molar-refractivity contribution in [3.63, 3.8) is 0 Å². The first-order valence-electron chi connectivity index (χ1n) is 5.28. The lowest BCUT2D eigenvalue weighted by molar-refractivity contribution is -0.142. The van der Waals surface area contributed by atoms with Crippen LogP contribution in [0.5, 0.6) is 0 Å². The van der Waals surface area contributed by atoms with E-state index in [1.165, 1.54) is 12.1 Å². The Kier molecular flexibility index (Phi) is 4.92. The van der Waals surface area contributed by atoms with Gasteiger partial charge in [-0.3, -0.25) is 4.79 Å². The van der Waals surface area contributed by atoms with E-state index in [4.69, 9.17) is 4.74 Å². The van der Waals surface area contributed by atoms with Gasteiger partial charge in [-0.15, -0.1) is 0 Å². The van der Waals surface area contributed by atoms with Gasteiger partial charge in [0.25, 0.3) is 0 Å². The molecule has 0 fully saturated rings. The maximum absolute atomic E-state index is 12.9. The largest absolute Gasteiger partial charge is 0.465 e. The normalized spacial score (nSPS) is 12.2. The van der Waals surface area contributed by atoms with E-state index < -0.39 is 0 Å². The van der Waals surface area contributed by atoms with Crippen LogP contribution >= 0.6 is 0 Å². The molecule has 0 radical (unpaired) electrons. The molecule has 0 aliphatic carbocycles. The van der Waals surface area contributed by atoms with Crippen LogP contribution in [-0.2, 0) is 9.53 Å². The molecule has 0 heterocycles. The zero-order valence-corrected chi connectivity index (χ0v) is 9.50. The molecule has 0 saturated carbocycles. The highest BCUT2D eigenvalue weighted by Gasteiger charge is 2.08. The van der Waals surface area contributed by atoms with Crippen LogP contribution in [0.15, 0.2) is 24.3 Å². The standard InChI is InChI=1S/C12H16FNO2/c1-3-16-12(15)8-14-9(2)10-5-4-6-11(13)7-10/h4-7,9,14H,3,8H2,1-2H3/t9-/m0/s1. The second-order valence-electron chi connectivity index (χ2n) is 3.46. The zero-order valence-electron chi connectivity index (χ0n) is 9.50. The third-order valence-electron chi connectivity index (χ3n) is 2.21. The number of carbonyl (C=O) groups excluding carboxylic acids is 1. The van der Waals surface area contributed by atoms with E-state index in [-0.39, 0.29) is 24.4 Å². The van der Waals surface area contributed by atoms with Gasteiger partial charge >= 0.3 is 5.97 Å². The highest BCUT2D eigenvalue weighted by atomic mass is 19.1. The number of ether oxygens (including phenoxy) is 1. The molecule has 1 rings (SSSR count). The Bertz CT molecular complexity index is 355. The number of hydrogen-bond acceptors (Lipinski definition) is 3. The number of carbonyl (C=O) groups is 1. The summed E-state index contributed by atoms with van der Waals surface area (Å²) in [6, 6.07) is 6.21. The molecule has 0 aliphatic heterocycles. The molecule has 0 spiro atoms. The van der Waals surface area contributed by atoms with Crippen molar-refractivity contribution in [1.29, 1.82) is 0 Å². The van der Waals surface area contributed by atoms with Gasteiger partial charge in [-0.25, -0.2) is 4.39 Å². The minimum absolute atomic E-state index is 0.0832. The lowest BCUT2D eigenvalue weighted by atomic mass is 10.1. The monoisotopic (exact) mass is 225 g/mol. The summed E-state index contributed by atoms with van der Waals surface area (Å²) in [5.41, 5.74) is 0.810. The molecular weight excluding hydrogens is 209 g/mol. The first-order chi connectivity index (χ1) is 7.63. The van der Waals surface area contributed by atoms with Gasteiger partial charge in [0.05, 0.1) is 13.2 Å². The fraction of sp³-hybridized carbons (Fsp3) is 0.417. The van der Waals surface area contributed by atoms with Gasteiger partial charge in [-0.05, 0) is 31.5 Å². The van der Waals surface area contributed by atoms with Crippen molar-refractivity contribution in [2.24, 2.45) is 0 Å². The van der Waals surface area contributed by atoms with Crippen LogP contribution in [0.4, 0.5) is 4.39 Å². The Morgan fingerprint density at radius 3 is 2.94 bits per heavy atom. The van der Waals surface area contributed by atoms with Crippen LogP contribution in [0.2, 0.25) is 0 Å². The van der Waals surface area contributed by atoms with Crippen molar-refractivity contribution < 1.29 is 13.9 Å². The van der Waals surface area contributed by atoms with Crippen molar-refractivity contribution in [3.05, 3.63) is 35.6 Å². The van der Waals surface area contributed by atoms with Gasteiger partial charge in [-0.1, -0.05) is 12.1 Å². The number of esters is 1. The fourth-order valence-corrected chi connectivity index (χ4v) is 1.34. The highest BCUT2D eigenvalue weighted by Crippen LogP contribution is 2.12. The molecule has 0 aliphatic rings. The lowest BCUT2D eigenvalue weighted by Crippen LogP contribution is -2.27. The van der Waals surface area contributed by atoms with Crippen molar-refractivity contribution in [2.75, 3.05) is 13.2 Å². The molecule has 1 aromatic rings. The number of hydrogen-bond donors (Lipinski definition) is 1. The third-order valence-corrected chi connectivity index (χ3v) is 2.21. The van der Waals surface area contributed by atoms with Gasteiger partial charge in [0.15, 0.2) is 0 Å². The van der Waals surface area contributed by atoms with Crippen LogP contribution in [0.1, 0.15) is 25.5 Å². The Balaban J connectivity index is 2.46. The molecule has 0 unspecified atom stereocenters. The van der Waals surface area contributed by atoms with Gasteiger partial charge in [-0.2, -0.15) is 0 Å². The maximum atomic E-state index is 12.9. The minimum atomic E-state index is -0.300. The van der Waals surface area contributed by atoms with Gasteiger partial charge in [0.1, 0.15) is 5.82 Å². The Labute approximate surface area is 94.6 Å². The molecule has 0 aromatic heterocycles. The summed E-state index contributed by atoms with van der Waals surface area (Å²) in [5, 5.41) is 2.97. The van der Waals surface area contributed by atoms with Crippen LogP contribution in [0.25, 0.3) is 0 Å². The van der Waals surface area contributed by atoms with E-state index in [1.54, 1.807) is 13.0 Å². The van der Waals surface area contributed by atoms with E-state index in [1.807, 2.05) is 13.0 Å². The Hall–Kier alpha value is -1.42. The number of nitrogens with one attached hydrogen (secondary N) is 1. The van der Waals surface area contributed by atoms with Crippen molar-refractivity contribution in [3.8, 4) is 0 Å². The molecule has 1 atom stereocenters. The summed E-state index contributed by atoms with van der Waals surface area (Å²) >= 11 is 0. The average Bonchev–Trinajstić information content (AvgIpc) is 2.26. The lowest BCUT2D eigenvalue weighted by Gasteiger charge is -2.13. The molecule has 0 bridgehead atoms. The van der Waals surface area contributed by atoms with Crippen LogP contribution in [0, 0.1) is 5.82 Å². The van der Waals surface area contributed by atoms with Gasteiger partial charge in [0, 0.05) is 6.04 Å². The average molecular weight is 225 g/mol. The number of halogens is 1. The van der Waals surface area contributed by atoms with Gasteiger partial charge < -0.3 is 10.1 Å². The summed E-state index contributed by atoms with van der Waals surface area (Å²) in [6.07, 6.45) is 0. The van der Waals surface area contributed by atoms with E-state index in [0.717, 1.165) is 5.56 Å². The first kappa shape index (κ1) is 12.6. The third kappa shape index (κ3) is 3.98. The van der Waals surface area contributed by atoms with E-state index in [0.29, 0.717) is 6.61 Å². The highest BCUT2D eigenvalue weighted by molar-refractivity contribution is 5.71. The van der Waals surface area contributed by atoms with Crippen LogP contribution in [-0.4, -0.2) is 19.1 Å². The summed E-state index contributed by atoms with van der Waals surface area (Å²) in [5.74, 6) is -0.576. The summed E-state index contributed by atoms with van der Waals surface area (Å²) in [6.45, 7) is 4.13. The van der Waals surface area contributed by atoms with Crippen molar-refractivity contribution in [1.82, 2.24) is 5.32 Å². The van der Waals surface area contributed by atoms with Crippen LogP contribution < -0.4 is 5.32 Å². The topological polar surface area (TPSA) is 38.3 Å². The molecule has 1 N–H and O–H groups in total.